The SMILES string of the molecule is Brc1ccc2c(c1)C1C3CCC(C3)C1N2c1ccccc1. The van der Waals surface area contributed by atoms with E-state index in [-0.39, 0.29) is 0 Å². The Kier molecular flexibility index (Phi) is 2.55. The van der Waals surface area contributed by atoms with Crippen LogP contribution in [0.1, 0.15) is 30.7 Å². The largest absolute Gasteiger partial charge is 0.337 e. The summed E-state index contributed by atoms with van der Waals surface area (Å²) in [7, 11) is 0. The quantitative estimate of drug-likeness (QED) is 0.664. The Morgan fingerprint density at radius 1 is 0.952 bits per heavy atom. The van der Waals surface area contributed by atoms with Crippen LogP contribution in [0, 0.1) is 11.8 Å². The van der Waals surface area contributed by atoms with E-state index in [1.807, 2.05) is 0 Å². The number of nitrogens with zero attached hydrogens (tertiary/aromatic N) is 1. The van der Waals surface area contributed by atoms with Crippen LogP contribution in [-0.4, -0.2) is 6.04 Å². The van der Waals surface area contributed by atoms with Crippen molar-refractivity contribution in [2.45, 2.75) is 31.2 Å². The molecule has 5 rings (SSSR count). The Balaban J connectivity index is 1.71. The van der Waals surface area contributed by atoms with Gasteiger partial charge in [0.2, 0.25) is 0 Å². The van der Waals surface area contributed by atoms with Gasteiger partial charge in [0.05, 0.1) is 0 Å². The van der Waals surface area contributed by atoms with Gasteiger partial charge in [0, 0.05) is 27.8 Å². The Bertz CT molecular complexity index is 696. The predicted octanol–water partition coefficient (Wildman–Crippen LogP) is 5.48. The second-order valence-electron chi connectivity index (χ2n) is 6.76. The molecule has 1 aliphatic heterocycles. The summed E-state index contributed by atoms with van der Waals surface area (Å²) in [6.45, 7) is 0. The second-order valence-corrected chi connectivity index (χ2v) is 7.67. The number of rotatable bonds is 1. The fourth-order valence-corrected chi connectivity index (χ4v) is 5.52. The molecule has 4 atom stereocenters. The number of fused-ring (bicyclic) bond motifs is 7. The van der Waals surface area contributed by atoms with E-state index in [0.717, 1.165) is 17.8 Å². The molecule has 2 aromatic carbocycles. The van der Waals surface area contributed by atoms with E-state index in [0.29, 0.717) is 6.04 Å². The van der Waals surface area contributed by atoms with E-state index in [9.17, 15) is 0 Å². The molecule has 21 heavy (non-hydrogen) atoms. The van der Waals surface area contributed by atoms with E-state index >= 15 is 0 Å². The van der Waals surface area contributed by atoms with Crippen LogP contribution in [0.3, 0.4) is 0 Å². The molecule has 0 N–H and O–H groups in total. The number of hydrogen-bond acceptors (Lipinski definition) is 1. The van der Waals surface area contributed by atoms with Gasteiger partial charge in [-0.15, -0.1) is 0 Å². The highest BCUT2D eigenvalue weighted by Crippen LogP contribution is 2.62. The summed E-state index contributed by atoms with van der Waals surface area (Å²) in [5, 5.41) is 0. The highest BCUT2D eigenvalue weighted by Gasteiger charge is 2.55. The summed E-state index contributed by atoms with van der Waals surface area (Å²) in [5.74, 6) is 2.53. The normalized spacial score (nSPS) is 32.3. The Morgan fingerprint density at radius 3 is 2.62 bits per heavy atom. The minimum absolute atomic E-state index is 0.690. The van der Waals surface area contributed by atoms with Gasteiger partial charge in [-0.2, -0.15) is 0 Å². The fourth-order valence-electron chi connectivity index (χ4n) is 5.14. The van der Waals surface area contributed by atoms with Gasteiger partial charge in [-0.1, -0.05) is 34.1 Å². The van der Waals surface area contributed by atoms with E-state index in [4.69, 9.17) is 0 Å². The lowest BCUT2D eigenvalue weighted by Crippen LogP contribution is -2.35. The third-order valence-corrected chi connectivity index (χ3v) is 6.31. The molecule has 4 unspecified atom stereocenters. The molecule has 106 valence electrons. The van der Waals surface area contributed by atoms with Crippen molar-refractivity contribution in [1.82, 2.24) is 0 Å². The Labute approximate surface area is 134 Å². The molecule has 2 aliphatic carbocycles. The van der Waals surface area contributed by atoms with E-state index in [1.54, 1.807) is 5.56 Å². The van der Waals surface area contributed by atoms with Gasteiger partial charge in [0.1, 0.15) is 0 Å². The number of anilines is 2. The maximum absolute atomic E-state index is 3.67. The molecule has 0 saturated heterocycles. The molecule has 2 fully saturated rings. The smallest absolute Gasteiger partial charge is 0.0450 e. The Morgan fingerprint density at radius 2 is 1.76 bits per heavy atom. The monoisotopic (exact) mass is 339 g/mol. The number of halogens is 1. The first-order valence-corrected chi connectivity index (χ1v) is 8.76. The van der Waals surface area contributed by atoms with Crippen LogP contribution in [0.25, 0.3) is 0 Å². The molecule has 2 heteroatoms. The van der Waals surface area contributed by atoms with Crippen LogP contribution in [-0.2, 0) is 0 Å². The predicted molar refractivity (Wildman–Crippen MR) is 90.1 cm³/mol. The third kappa shape index (κ3) is 1.63. The zero-order valence-electron chi connectivity index (χ0n) is 11.9. The summed E-state index contributed by atoms with van der Waals surface area (Å²) in [6, 6.07) is 18.5. The molecule has 3 aliphatic rings. The molecular weight excluding hydrogens is 322 g/mol. The lowest BCUT2D eigenvalue weighted by molar-refractivity contribution is 0.382. The molecule has 0 radical (unpaired) electrons. The van der Waals surface area contributed by atoms with Gasteiger partial charge in [0.25, 0.3) is 0 Å². The van der Waals surface area contributed by atoms with Gasteiger partial charge >= 0.3 is 0 Å². The van der Waals surface area contributed by atoms with Crippen molar-refractivity contribution in [1.29, 1.82) is 0 Å². The number of para-hydroxylation sites is 1. The van der Waals surface area contributed by atoms with Crippen LogP contribution in [0.2, 0.25) is 0 Å². The minimum atomic E-state index is 0.690. The molecular formula is C19H18BrN. The summed E-state index contributed by atoms with van der Waals surface area (Å²) < 4.78 is 1.22. The van der Waals surface area contributed by atoms with Crippen molar-refractivity contribution in [3.05, 3.63) is 58.6 Å². The first-order valence-electron chi connectivity index (χ1n) is 7.96. The van der Waals surface area contributed by atoms with E-state index < -0.39 is 0 Å². The van der Waals surface area contributed by atoms with Crippen molar-refractivity contribution < 1.29 is 0 Å². The van der Waals surface area contributed by atoms with Crippen LogP contribution < -0.4 is 4.90 Å². The zero-order valence-corrected chi connectivity index (χ0v) is 13.5. The van der Waals surface area contributed by atoms with Crippen molar-refractivity contribution in [3.63, 3.8) is 0 Å². The summed E-state index contributed by atoms with van der Waals surface area (Å²) >= 11 is 3.67. The Hall–Kier alpha value is -1.28. The van der Waals surface area contributed by atoms with E-state index in [1.165, 1.54) is 35.1 Å². The van der Waals surface area contributed by atoms with Gasteiger partial charge in [-0.25, -0.2) is 0 Å². The first-order chi connectivity index (χ1) is 10.3. The summed E-state index contributed by atoms with van der Waals surface area (Å²) in [6.07, 6.45) is 4.29. The number of hydrogen-bond donors (Lipinski definition) is 0. The third-order valence-electron chi connectivity index (χ3n) is 5.81. The summed E-state index contributed by atoms with van der Waals surface area (Å²) in [5.41, 5.74) is 4.38. The molecule has 0 spiro atoms. The molecule has 0 aromatic heterocycles. The zero-order chi connectivity index (χ0) is 14.0. The number of benzene rings is 2. The van der Waals surface area contributed by atoms with Crippen molar-refractivity contribution in [2.24, 2.45) is 11.8 Å². The topological polar surface area (TPSA) is 3.24 Å². The van der Waals surface area contributed by atoms with Gasteiger partial charge < -0.3 is 4.90 Å². The van der Waals surface area contributed by atoms with Crippen molar-refractivity contribution in [2.75, 3.05) is 4.90 Å². The average Bonchev–Trinajstić information content (AvgIpc) is 3.18. The van der Waals surface area contributed by atoms with Crippen LogP contribution in [0.15, 0.2) is 53.0 Å². The highest BCUT2D eigenvalue weighted by atomic mass is 79.9. The minimum Gasteiger partial charge on any atom is -0.337 e. The van der Waals surface area contributed by atoms with Crippen LogP contribution in [0.5, 0.6) is 0 Å². The molecule has 1 heterocycles. The fraction of sp³-hybridized carbons (Fsp3) is 0.368. The van der Waals surface area contributed by atoms with Gasteiger partial charge in [-0.05, 0) is 67.0 Å². The molecule has 2 aromatic rings. The molecule has 0 amide bonds. The second kappa shape index (κ2) is 4.36. The van der Waals surface area contributed by atoms with E-state index in [2.05, 4.69) is 69.4 Å². The van der Waals surface area contributed by atoms with Crippen LogP contribution in [0.4, 0.5) is 11.4 Å². The summed E-state index contributed by atoms with van der Waals surface area (Å²) in [4.78, 5) is 2.64. The molecule has 1 nitrogen and oxygen atoms in total. The standard InChI is InChI=1S/C19H18BrN/c20-14-8-9-17-16(11-14)18-12-6-7-13(10-12)19(18)21(17)15-4-2-1-3-5-15/h1-5,8-9,11-13,18-19H,6-7,10H2. The average molecular weight is 340 g/mol. The highest BCUT2D eigenvalue weighted by molar-refractivity contribution is 9.10. The van der Waals surface area contributed by atoms with Crippen molar-refractivity contribution >= 4 is 27.3 Å². The first kappa shape index (κ1) is 12.3. The lowest BCUT2D eigenvalue weighted by Gasteiger charge is -2.33. The van der Waals surface area contributed by atoms with Gasteiger partial charge in [0.15, 0.2) is 0 Å². The maximum atomic E-state index is 3.67. The molecule has 2 saturated carbocycles. The molecule has 2 bridgehead atoms. The van der Waals surface area contributed by atoms with Crippen LogP contribution >= 0.6 is 15.9 Å². The maximum Gasteiger partial charge on any atom is 0.0450 e. The van der Waals surface area contributed by atoms with Gasteiger partial charge in [-0.3, -0.25) is 0 Å². The lowest BCUT2D eigenvalue weighted by atomic mass is 9.82. The van der Waals surface area contributed by atoms with Crippen molar-refractivity contribution in [3.8, 4) is 0 Å².